The zero-order valence-corrected chi connectivity index (χ0v) is 4.33. The van der Waals surface area contributed by atoms with Gasteiger partial charge in [-0.3, -0.25) is 0 Å². The first-order valence-electron chi connectivity index (χ1n) is 2.40. The lowest BCUT2D eigenvalue weighted by Gasteiger charge is -1.82. The van der Waals surface area contributed by atoms with Gasteiger partial charge in [0.1, 0.15) is 6.26 Å². The van der Waals surface area contributed by atoms with Crippen LogP contribution in [0.15, 0.2) is 16.9 Å². The molecule has 0 saturated carbocycles. The Kier molecular flexibility index (Phi) is 1.64. The third-order valence-electron chi connectivity index (χ3n) is 0.799. The second-order valence-corrected chi connectivity index (χ2v) is 1.38. The molecule has 0 unspecified atom stereocenters. The van der Waals surface area contributed by atoms with Crippen molar-refractivity contribution in [1.82, 2.24) is 4.98 Å². The van der Waals surface area contributed by atoms with Gasteiger partial charge < -0.3 is 4.42 Å². The fraction of sp³-hybridized carbons (Fsp3) is 0.400. The number of hydrogen-bond acceptors (Lipinski definition) is 2. The van der Waals surface area contributed by atoms with Crippen molar-refractivity contribution >= 4 is 0 Å². The van der Waals surface area contributed by atoms with E-state index in [1.54, 1.807) is 0 Å². The summed E-state index contributed by atoms with van der Waals surface area (Å²) in [6.45, 7) is -0.152. The van der Waals surface area contributed by atoms with E-state index < -0.39 is 0 Å². The summed E-state index contributed by atoms with van der Waals surface area (Å²) in [4.78, 5) is 3.74. The predicted molar refractivity (Wildman–Crippen MR) is 25.8 cm³/mol. The average Bonchev–Trinajstić information content (AvgIpc) is 2.19. The van der Waals surface area contributed by atoms with Crippen molar-refractivity contribution in [3.8, 4) is 0 Å². The molecule has 1 aromatic rings. The van der Waals surface area contributed by atoms with E-state index in [0.717, 1.165) is 0 Å². The first-order valence-corrected chi connectivity index (χ1v) is 2.40. The molecule has 1 heterocycles. The monoisotopic (exact) mass is 112 g/mol. The van der Waals surface area contributed by atoms with E-state index in [2.05, 4.69) is 4.98 Å². The Labute approximate surface area is 47.0 Å². The molecule has 0 fully saturated rings. The highest BCUT2D eigenvalue weighted by atomic mass is 16.3. The lowest BCUT2D eigenvalue weighted by Crippen LogP contribution is -1.87. The van der Waals surface area contributed by atoms with Crippen LogP contribution in [-0.2, 0) is 11.5 Å². The summed E-state index contributed by atoms with van der Waals surface area (Å²) in [6, 6.07) is 0. The summed E-state index contributed by atoms with van der Waals surface area (Å²) in [5.74, 6) is 0.528. The van der Waals surface area contributed by atoms with Crippen molar-refractivity contribution in [2.24, 2.45) is 0 Å². The van der Waals surface area contributed by atoms with Crippen molar-refractivity contribution in [2.75, 3.05) is 6.61 Å². The highest BCUT2D eigenvalue weighted by Crippen LogP contribution is 1.93. The molecule has 0 bridgehead atoms. The van der Waals surface area contributed by atoms with Crippen LogP contribution in [0.4, 0.5) is 0 Å². The summed E-state index contributed by atoms with van der Waals surface area (Å²) < 4.78 is 4.76. The number of hydrogen-bond donors (Lipinski definition) is 0. The van der Waals surface area contributed by atoms with Crippen LogP contribution in [-0.4, -0.2) is 11.6 Å². The zero-order valence-electron chi connectivity index (χ0n) is 4.33. The Morgan fingerprint density at radius 2 is 2.62 bits per heavy atom. The molecule has 0 N–H and O–H groups in total. The standard InChI is InChI=1S/C5H6NO2/c7-3-1-5-6-2-4-8-5/h2,4H,1,3H2. The van der Waals surface area contributed by atoms with Crippen LogP contribution in [0.3, 0.4) is 0 Å². The fourth-order valence-electron chi connectivity index (χ4n) is 0.464. The smallest absolute Gasteiger partial charge is 0.196 e. The van der Waals surface area contributed by atoms with Gasteiger partial charge in [0.05, 0.1) is 19.2 Å². The zero-order chi connectivity index (χ0) is 5.82. The summed E-state index contributed by atoms with van der Waals surface area (Å²) >= 11 is 0. The van der Waals surface area contributed by atoms with E-state index in [1.807, 2.05) is 0 Å². The van der Waals surface area contributed by atoms with Gasteiger partial charge in [0.15, 0.2) is 5.89 Å². The molecule has 0 spiro atoms. The molecular formula is C5H6NO2. The minimum absolute atomic E-state index is 0.152. The van der Waals surface area contributed by atoms with Gasteiger partial charge in [-0.15, -0.1) is 0 Å². The van der Waals surface area contributed by atoms with Crippen molar-refractivity contribution < 1.29 is 9.52 Å². The molecule has 3 heteroatoms. The minimum atomic E-state index is -0.152. The van der Waals surface area contributed by atoms with Crippen LogP contribution in [0.2, 0.25) is 0 Å². The summed E-state index contributed by atoms with van der Waals surface area (Å²) in [5.41, 5.74) is 0. The molecule has 1 aromatic heterocycles. The molecule has 0 atom stereocenters. The van der Waals surface area contributed by atoms with Crippen LogP contribution < -0.4 is 0 Å². The molecule has 1 radical (unpaired) electrons. The molecule has 1 rings (SSSR count). The van der Waals surface area contributed by atoms with Crippen molar-refractivity contribution in [1.29, 1.82) is 0 Å². The van der Waals surface area contributed by atoms with E-state index in [-0.39, 0.29) is 6.61 Å². The van der Waals surface area contributed by atoms with Crippen LogP contribution in [0, 0.1) is 0 Å². The highest BCUT2D eigenvalue weighted by Gasteiger charge is 1.92. The maximum Gasteiger partial charge on any atom is 0.196 e. The second kappa shape index (κ2) is 2.47. The molecule has 3 nitrogen and oxygen atoms in total. The van der Waals surface area contributed by atoms with Crippen LogP contribution >= 0.6 is 0 Å². The van der Waals surface area contributed by atoms with Gasteiger partial charge in [-0.1, -0.05) is 0 Å². The van der Waals surface area contributed by atoms with Gasteiger partial charge in [0.25, 0.3) is 0 Å². The molecule has 8 heavy (non-hydrogen) atoms. The lowest BCUT2D eigenvalue weighted by atomic mass is 10.5. The molecular weight excluding hydrogens is 106 g/mol. The maximum atomic E-state index is 9.90. The maximum absolute atomic E-state index is 9.90. The topological polar surface area (TPSA) is 45.9 Å². The van der Waals surface area contributed by atoms with Crippen LogP contribution in [0.5, 0.6) is 0 Å². The molecule has 0 aliphatic heterocycles. The third-order valence-corrected chi connectivity index (χ3v) is 0.799. The first kappa shape index (κ1) is 5.31. The van der Waals surface area contributed by atoms with Crippen molar-refractivity contribution in [3.05, 3.63) is 18.4 Å². The number of aromatic nitrogens is 1. The van der Waals surface area contributed by atoms with E-state index in [4.69, 9.17) is 4.42 Å². The largest absolute Gasteiger partial charge is 0.449 e. The van der Waals surface area contributed by atoms with E-state index in [0.29, 0.717) is 12.3 Å². The summed E-state index contributed by atoms with van der Waals surface area (Å²) in [6.07, 6.45) is 3.39. The van der Waals surface area contributed by atoms with Gasteiger partial charge in [-0.2, -0.15) is 0 Å². The average molecular weight is 112 g/mol. The molecule has 0 amide bonds. The van der Waals surface area contributed by atoms with E-state index in [9.17, 15) is 5.11 Å². The lowest BCUT2D eigenvalue weighted by molar-refractivity contribution is 0.189. The fourth-order valence-corrected chi connectivity index (χ4v) is 0.464. The number of rotatable bonds is 2. The molecule has 0 aliphatic carbocycles. The second-order valence-electron chi connectivity index (χ2n) is 1.38. The Morgan fingerprint density at radius 3 is 3.12 bits per heavy atom. The predicted octanol–water partition coefficient (Wildman–Crippen LogP) is 0.648. The van der Waals surface area contributed by atoms with Crippen LogP contribution in [0.25, 0.3) is 0 Å². The Hall–Kier alpha value is -0.830. The highest BCUT2D eigenvalue weighted by molar-refractivity contribution is 4.78. The van der Waals surface area contributed by atoms with Gasteiger partial charge in [-0.05, 0) is 0 Å². The number of oxazole rings is 1. The Morgan fingerprint density at radius 1 is 1.75 bits per heavy atom. The van der Waals surface area contributed by atoms with Crippen molar-refractivity contribution in [2.45, 2.75) is 6.42 Å². The SMILES string of the molecule is [O]CCc1ncco1. The van der Waals surface area contributed by atoms with Crippen LogP contribution in [0.1, 0.15) is 5.89 Å². The molecule has 0 saturated heterocycles. The Bertz CT molecular complexity index is 136. The quantitative estimate of drug-likeness (QED) is 0.563. The van der Waals surface area contributed by atoms with Crippen molar-refractivity contribution in [3.63, 3.8) is 0 Å². The van der Waals surface area contributed by atoms with Gasteiger partial charge in [0, 0.05) is 0 Å². The Balaban J connectivity index is 2.50. The van der Waals surface area contributed by atoms with E-state index in [1.165, 1.54) is 12.5 Å². The van der Waals surface area contributed by atoms with Gasteiger partial charge in [-0.25, -0.2) is 10.1 Å². The van der Waals surface area contributed by atoms with Gasteiger partial charge >= 0.3 is 0 Å². The minimum Gasteiger partial charge on any atom is -0.449 e. The molecule has 43 valence electrons. The summed E-state index contributed by atoms with van der Waals surface area (Å²) in [5, 5.41) is 9.90. The molecule has 0 aliphatic rings. The first-order chi connectivity index (χ1) is 3.93. The number of nitrogens with zero attached hydrogens (tertiary/aromatic N) is 1. The van der Waals surface area contributed by atoms with E-state index >= 15 is 0 Å². The third kappa shape index (κ3) is 1.07. The normalized spacial score (nSPS) is 9.62. The van der Waals surface area contributed by atoms with Gasteiger partial charge in [0.2, 0.25) is 0 Å². The molecule has 0 aromatic carbocycles. The summed E-state index contributed by atoms with van der Waals surface area (Å²) in [7, 11) is 0.